The molecule has 0 atom stereocenters. The third kappa shape index (κ3) is 4.66. The maximum absolute atomic E-state index is 13.0. The highest BCUT2D eigenvalue weighted by Crippen LogP contribution is 2.20. The van der Waals surface area contributed by atoms with Crippen LogP contribution in [-0.2, 0) is 18.3 Å². The summed E-state index contributed by atoms with van der Waals surface area (Å²) in [6, 6.07) is 7.99. The molecule has 3 aromatic rings. The van der Waals surface area contributed by atoms with Gasteiger partial charge >= 0.3 is 0 Å². The van der Waals surface area contributed by atoms with Crippen LogP contribution in [0.3, 0.4) is 0 Å². The predicted octanol–water partition coefficient (Wildman–Crippen LogP) is 3.68. The Labute approximate surface area is 188 Å². The molecular weight excluding hydrogens is 402 g/mol. The van der Waals surface area contributed by atoms with Gasteiger partial charge in [-0.15, -0.1) is 0 Å². The van der Waals surface area contributed by atoms with Crippen LogP contribution in [0.25, 0.3) is 16.9 Å². The Balaban J connectivity index is 1.48. The third-order valence-electron chi connectivity index (χ3n) is 6.14. The summed E-state index contributed by atoms with van der Waals surface area (Å²) < 4.78 is 3.35. The number of amides is 1. The summed E-state index contributed by atoms with van der Waals surface area (Å²) in [6.45, 7) is 4.57. The van der Waals surface area contributed by atoms with Crippen molar-refractivity contribution in [3.63, 3.8) is 0 Å². The molecule has 1 N–H and O–H groups in total. The second kappa shape index (κ2) is 9.51. The molecule has 4 rings (SSSR count). The number of allylic oxidation sites excluding steroid dienone is 1. The predicted molar refractivity (Wildman–Crippen MR) is 126 cm³/mol. The van der Waals surface area contributed by atoms with Crippen molar-refractivity contribution in [3.05, 3.63) is 63.2 Å². The topological polar surface area (TPSA) is 81.8 Å². The molecular formula is C25H31N5O2. The first kappa shape index (κ1) is 22.0. The van der Waals surface area contributed by atoms with Crippen LogP contribution in [0.2, 0.25) is 0 Å². The van der Waals surface area contributed by atoms with Gasteiger partial charge in [0, 0.05) is 26.4 Å². The lowest BCUT2D eigenvalue weighted by Gasteiger charge is -2.13. The van der Waals surface area contributed by atoms with Crippen LogP contribution in [0.5, 0.6) is 0 Å². The summed E-state index contributed by atoms with van der Waals surface area (Å²) in [6.07, 6.45) is 8.59. The van der Waals surface area contributed by atoms with Crippen LogP contribution in [0, 0.1) is 13.8 Å². The number of fused-ring (bicyclic) bond motifs is 1. The first-order valence-corrected chi connectivity index (χ1v) is 11.4. The van der Waals surface area contributed by atoms with E-state index in [1.807, 2.05) is 38.1 Å². The molecule has 0 spiro atoms. The van der Waals surface area contributed by atoms with Gasteiger partial charge in [0.15, 0.2) is 5.65 Å². The minimum absolute atomic E-state index is 0.0440. The Hall–Kier alpha value is -3.22. The molecule has 32 heavy (non-hydrogen) atoms. The summed E-state index contributed by atoms with van der Waals surface area (Å²) in [4.78, 5) is 29.9. The highest BCUT2D eigenvalue weighted by Gasteiger charge is 2.18. The molecule has 0 radical (unpaired) electrons. The quantitative estimate of drug-likeness (QED) is 0.577. The van der Waals surface area contributed by atoms with Crippen molar-refractivity contribution in [1.29, 1.82) is 0 Å². The first-order valence-electron chi connectivity index (χ1n) is 11.4. The molecule has 0 bridgehead atoms. The van der Waals surface area contributed by atoms with Crippen LogP contribution in [-0.4, -0.2) is 31.8 Å². The van der Waals surface area contributed by atoms with Crippen LogP contribution >= 0.6 is 0 Å². The SMILES string of the molecule is Cc1ccc(-n2nc(C)c3nc(CCC(=O)NCCC4=CCCCC4)c(=O)n(C)c32)cc1. The van der Waals surface area contributed by atoms with Crippen LogP contribution in [0.1, 0.15) is 55.5 Å². The van der Waals surface area contributed by atoms with E-state index in [1.54, 1.807) is 16.3 Å². The average Bonchev–Trinajstić information content (AvgIpc) is 3.12. The normalized spacial score (nSPS) is 13.9. The van der Waals surface area contributed by atoms with E-state index in [4.69, 9.17) is 0 Å². The van der Waals surface area contributed by atoms with Gasteiger partial charge in [-0.2, -0.15) is 5.10 Å². The highest BCUT2D eigenvalue weighted by molar-refractivity contribution is 5.77. The molecule has 1 aliphatic rings. The minimum Gasteiger partial charge on any atom is -0.356 e. The fraction of sp³-hybridized carbons (Fsp3) is 0.440. The summed E-state index contributed by atoms with van der Waals surface area (Å²) in [5.74, 6) is -0.0440. The largest absolute Gasteiger partial charge is 0.356 e. The summed E-state index contributed by atoms with van der Waals surface area (Å²) in [5, 5.41) is 7.60. The van der Waals surface area contributed by atoms with Crippen molar-refractivity contribution in [2.45, 2.75) is 58.8 Å². The smallest absolute Gasteiger partial charge is 0.273 e. The molecule has 0 aliphatic heterocycles. The van der Waals surface area contributed by atoms with Crippen molar-refractivity contribution in [3.8, 4) is 5.69 Å². The molecule has 2 heterocycles. The zero-order valence-electron chi connectivity index (χ0n) is 19.1. The van der Waals surface area contributed by atoms with Gasteiger partial charge in [0.2, 0.25) is 5.91 Å². The van der Waals surface area contributed by atoms with Gasteiger partial charge in [0.25, 0.3) is 5.56 Å². The van der Waals surface area contributed by atoms with E-state index in [1.165, 1.54) is 18.4 Å². The molecule has 1 aliphatic carbocycles. The molecule has 0 saturated carbocycles. The minimum atomic E-state index is -0.189. The zero-order valence-corrected chi connectivity index (χ0v) is 19.1. The lowest BCUT2D eigenvalue weighted by Crippen LogP contribution is -2.28. The number of carbonyl (C=O) groups excluding carboxylic acids is 1. The molecule has 1 aromatic carbocycles. The van der Waals surface area contributed by atoms with E-state index in [0.717, 1.165) is 36.2 Å². The number of aryl methyl sites for hydroxylation is 4. The molecule has 2 aromatic heterocycles. The summed E-state index contributed by atoms with van der Waals surface area (Å²) in [7, 11) is 1.74. The van der Waals surface area contributed by atoms with Gasteiger partial charge in [-0.1, -0.05) is 29.3 Å². The van der Waals surface area contributed by atoms with E-state index in [0.29, 0.717) is 29.8 Å². The van der Waals surface area contributed by atoms with Gasteiger partial charge in [-0.25, -0.2) is 9.67 Å². The van der Waals surface area contributed by atoms with Crippen molar-refractivity contribution in [2.24, 2.45) is 7.05 Å². The van der Waals surface area contributed by atoms with Gasteiger partial charge in [0.05, 0.1) is 11.4 Å². The van der Waals surface area contributed by atoms with Crippen molar-refractivity contribution in [1.82, 2.24) is 24.6 Å². The number of nitrogens with one attached hydrogen (secondary N) is 1. The Morgan fingerprint density at radius 3 is 2.62 bits per heavy atom. The van der Waals surface area contributed by atoms with E-state index in [2.05, 4.69) is 21.5 Å². The molecule has 7 heteroatoms. The number of nitrogens with zero attached hydrogens (tertiary/aromatic N) is 4. The Morgan fingerprint density at radius 1 is 1.12 bits per heavy atom. The lowest BCUT2D eigenvalue weighted by molar-refractivity contribution is -0.121. The molecule has 0 fully saturated rings. The summed E-state index contributed by atoms with van der Waals surface area (Å²) in [5.41, 5.74) is 5.79. The third-order valence-corrected chi connectivity index (χ3v) is 6.14. The summed E-state index contributed by atoms with van der Waals surface area (Å²) >= 11 is 0. The van der Waals surface area contributed by atoms with E-state index in [-0.39, 0.29) is 17.9 Å². The van der Waals surface area contributed by atoms with Gasteiger partial charge in [0.1, 0.15) is 11.2 Å². The maximum Gasteiger partial charge on any atom is 0.273 e. The van der Waals surface area contributed by atoms with Crippen molar-refractivity contribution in [2.75, 3.05) is 6.54 Å². The molecule has 1 amide bonds. The van der Waals surface area contributed by atoms with Crippen molar-refractivity contribution >= 4 is 17.1 Å². The number of hydrogen-bond acceptors (Lipinski definition) is 4. The average molecular weight is 434 g/mol. The van der Waals surface area contributed by atoms with Crippen LogP contribution in [0.4, 0.5) is 0 Å². The standard InChI is InChI=1S/C25H31N5O2/c1-17-9-11-20(12-10-17)30-24-23(18(2)28-30)27-21(25(32)29(24)3)13-14-22(31)26-16-15-19-7-5-4-6-8-19/h7,9-12H,4-6,8,13-16H2,1-3H3,(H,26,31). The first-order chi connectivity index (χ1) is 15.4. The second-order valence-electron chi connectivity index (χ2n) is 8.64. The molecule has 0 unspecified atom stereocenters. The highest BCUT2D eigenvalue weighted by atomic mass is 16.1. The van der Waals surface area contributed by atoms with Crippen molar-refractivity contribution < 1.29 is 4.79 Å². The number of carbonyl (C=O) groups is 1. The molecule has 0 saturated heterocycles. The van der Waals surface area contributed by atoms with E-state index < -0.39 is 0 Å². The van der Waals surface area contributed by atoms with Crippen LogP contribution < -0.4 is 10.9 Å². The van der Waals surface area contributed by atoms with E-state index in [9.17, 15) is 9.59 Å². The zero-order chi connectivity index (χ0) is 22.7. The van der Waals surface area contributed by atoms with Crippen LogP contribution in [0.15, 0.2) is 40.7 Å². The lowest BCUT2D eigenvalue weighted by atomic mass is 9.97. The number of benzene rings is 1. The van der Waals surface area contributed by atoms with E-state index >= 15 is 0 Å². The van der Waals surface area contributed by atoms with Gasteiger partial charge in [-0.05, 0) is 58.1 Å². The van der Waals surface area contributed by atoms with Gasteiger partial charge < -0.3 is 5.32 Å². The fourth-order valence-electron chi connectivity index (χ4n) is 4.25. The number of aromatic nitrogens is 4. The fourth-order valence-corrected chi connectivity index (χ4v) is 4.25. The molecule has 7 nitrogen and oxygen atoms in total. The Bertz CT molecular complexity index is 1220. The second-order valence-corrected chi connectivity index (χ2v) is 8.64. The monoisotopic (exact) mass is 433 g/mol. The van der Waals surface area contributed by atoms with Gasteiger partial charge in [-0.3, -0.25) is 14.2 Å². The number of hydrogen-bond donors (Lipinski definition) is 1. The Kier molecular flexibility index (Phi) is 6.53. The molecule has 168 valence electrons. The number of rotatable bonds is 7. The Morgan fingerprint density at radius 2 is 1.91 bits per heavy atom. The maximum atomic E-state index is 13.0.